The van der Waals surface area contributed by atoms with Crippen LogP contribution in [0.3, 0.4) is 0 Å². The molecule has 36 heavy (non-hydrogen) atoms. The summed E-state index contributed by atoms with van der Waals surface area (Å²) in [6.07, 6.45) is 2.20. The van der Waals surface area contributed by atoms with Gasteiger partial charge in [0, 0.05) is 0 Å². The lowest BCUT2D eigenvalue weighted by Gasteiger charge is -2.15. The molecule has 0 saturated heterocycles. The minimum Gasteiger partial charge on any atom is -0.490 e. The van der Waals surface area contributed by atoms with Crippen molar-refractivity contribution >= 4 is 44.4 Å². The van der Waals surface area contributed by atoms with Gasteiger partial charge < -0.3 is 14.2 Å². The number of nitrogens with one attached hydrogen (secondary N) is 1. The number of anilines is 1. The zero-order valence-corrected chi connectivity index (χ0v) is 23.0. The van der Waals surface area contributed by atoms with Crippen molar-refractivity contribution < 1.29 is 19.0 Å². The second-order valence-electron chi connectivity index (χ2n) is 7.68. The number of amides is 1. The number of benzene rings is 2. The smallest absolute Gasteiger partial charge is 0.268 e. The Hall–Kier alpha value is -3.42. The highest BCUT2D eigenvalue weighted by molar-refractivity contribution is 9.10. The van der Waals surface area contributed by atoms with E-state index in [0.29, 0.717) is 46.5 Å². The molecule has 1 heterocycles. The zero-order chi connectivity index (χ0) is 26.1. The first-order valence-electron chi connectivity index (χ1n) is 11.4. The van der Waals surface area contributed by atoms with Crippen LogP contribution in [0.15, 0.2) is 40.4 Å². The van der Waals surface area contributed by atoms with Gasteiger partial charge in [0.2, 0.25) is 5.13 Å². The molecule has 3 rings (SSSR count). The van der Waals surface area contributed by atoms with Gasteiger partial charge >= 0.3 is 0 Å². The molecule has 0 fully saturated rings. The standard InChI is InChI=1S/C26H27BrN4O4S/c1-5-23-30-31-26(36-23)29-25(32)19(15-28)12-18-13-21(27)24(22(14-18)33-6-2)35-10-9-34-20-8-7-16(3)17(4)11-20/h7-8,11-14H,5-6,9-10H2,1-4H3,(H,29,31,32). The molecule has 0 aliphatic carbocycles. The minimum atomic E-state index is -0.561. The first-order valence-corrected chi connectivity index (χ1v) is 13.0. The quantitative estimate of drug-likeness (QED) is 0.174. The predicted octanol–water partition coefficient (Wildman–Crippen LogP) is 5.88. The fourth-order valence-electron chi connectivity index (χ4n) is 3.11. The van der Waals surface area contributed by atoms with Gasteiger partial charge in [-0.3, -0.25) is 10.1 Å². The van der Waals surface area contributed by atoms with Crippen LogP contribution in [0.5, 0.6) is 17.2 Å². The Morgan fingerprint density at radius 2 is 1.89 bits per heavy atom. The Balaban J connectivity index is 1.71. The van der Waals surface area contributed by atoms with Gasteiger partial charge in [0.15, 0.2) is 11.5 Å². The third-order valence-electron chi connectivity index (χ3n) is 5.07. The summed E-state index contributed by atoms with van der Waals surface area (Å²) in [6.45, 7) is 8.98. The summed E-state index contributed by atoms with van der Waals surface area (Å²) in [5.74, 6) is 1.22. The monoisotopic (exact) mass is 570 g/mol. The van der Waals surface area contributed by atoms with Gasteiger partial charge in [-0.25, -0.2) is 0 Å². The van der Waals surface area contributed by atoms with Gasteiger partial charge in [-0.1, -0.05) is 24.3 Å². The fourth-order valence-corrected chi connectivity index (χ4v) is 4.36. The molecule has 1 amide bonds. The largest absolute Gasteiger partial charge is 0.490 e. The van der Waals surface area contributed by atoms with Crippen molar-refractivity contribution in [2.24, 2.45) is 0 Å². The molecule has 0 aliphatic rings. The molecular weight excluding hydrogens is 544 g/mol. The van der Waals surface area contributed by atoms with Crippen molar-refractivity contribution in [1.29, 1.82) is 5.26 Å². The molecule has 0 spiro atoms. The molecule has 0 bridgehead atoms. The molecule has 0 saturated carbocycles. The van der Waals surface area contributed by atoms with Gasteiger partial charge in [0.25, 0.3) is 5.91 Å². The van der Waals surface area contributed by atoms with E-state index in [1.807, 2.05) is 45.0 Å². The van der Waals surface area contributed by atoms with Crippen LogP contribution >= 0.6 is 27.3 Å². The topological polar surface area (TPSA) is 106 Å². The Morgan fingerprint density at radius 3 is 2.56 bits per heavy atom. The van der Waals surface area contributed by atoms with Crippen LogP contribution < -0.4 is 19.5 Å². The number of aromatic nitrogens is 2. The average Bonchev–Trinajstić information content (AvgIpc) is 3.31. The lowest BCUT2D eigenvalue weighted by Crippen LogP contribution is -2.13. The van der Waals surface area contributed by atoms with E-state index in [1.54, 1.807) is 12.1 Å². The number of rotatable bonds is 11. The summed E-state index contributed by atoms with van der Waals surface area (Å²) < 4.78 is 18.1. The van der Waals surface area contributed by atoms with Crippen molar-refractivity contribution in [3.63, 3.8) is 0 Å². The third-order valence-corrected chi connectivity index (χ3v) is 6.65. The van der Waals surface area contributed by atoms with Crippen LogP contribution in [0.2, 0.25) is 0 Å². The second-order valence-corrected chi connectivity index (χ2v) is 9.60. The maximum Gasteiger partial charge on any atom is 0.268 e. The molecule has 8 nitrogen and oxygen atoms in total. The van der Waals surface area contributed by atoms with Crippen LogP contribution in [0.4, 0.5) is 5.13 Å². The number of nitriles is 1. The van der Waals surface area contributed by atoms with Gasteiger partial charge in [-0.2, -0.15) is 5.26 Å². The van der Waals surface area contributed by atoms with Gasteiger partial charge in [-0.15, -0.1) is 10.2 Å². The lowest BCUT2D eigenvalue weighted by molar-refractivity contribution is -0.112. The van der Waals surface area contributed by atoms with Crippen molar-refractivity contribution in [3.8, 4) is 23.3 Å². The molecule has 1 aromatic heterocycles. The van der Waals surface area contributed by atoms with Crippen LogP contribution in [0.25, 0.3) is 6.08 Å². The number of hydrogen-bond donors (Lipinski definition) is 1. The summed E-state index contributed by atoms with van der Waals surface area (Å²) >= 11 is 4.79. The van der Waals surface area contributed by atoms with E-state index in [9.17, 15) is 10.1 Å². The number of aryl methyl sites for hydroxylation is 3. The molecule has 0 unspecified atom stereocenters. The Bertz CT molecular complexity index is 1300. The molecule has 10 heteroatoms. The molecule has 3 aromatic rings. The van der Waals surface area contributed by atoms with Gasteiger partial charge in [0.1, 0.15) is 35.6 Å². The van der Waals surface area contributed by atoms with E-state index in [4.69, 9.17) is 14.2 Å². The molecule has 1 N–H and O–H groups in total. The lowest BCUT2D eigenvalue weighted by atomic mass is 10.1. The zero-order valence-electron chi connectivity index (χ0n) is 20.6. The molecule has 0 radical (unpaired) electrons. The van der Waals surface area contributed by atoms with E-state index in [1.165, 1.54) is 23.0 Å². The van der Waals surface area contributed by atoms with Crippen LogP contribution in [-0.2, 0) is 11.2 Å². The predicted molar refractivity (Wildman–Crippen MR) is 144 cm³/mol. The van der Waals surface area contributed by atoms with Crippen molar-refractivity contribution in [2.75, 3.05) is 25.1 Å². The first-order chi connectivity index (χ1) is 17.3. The molecule has 188 valence electrons. The van der Waals surface area contributed by atoms with Crippen molar-refractivity contribution in [2.45, 2.75) is 34.1 Å². The molecule has 0 aliphatic heterocycles. The normalized spacial score (nSPS) is 11.1. The van der Waals surface area contributed by atoms with E-state index >= 15 is 0 Å². The Labute approximate surface area is 223 Å². The fraction of sp³-hybridized carbons (Fsp3) is 0.308. The summed E-state index contributed by atoms with van der Waals surface area (Å²) in [7, 11) is 0. The maximum atomic E-state index is 12.6. The van der Waals surface area contributed by atoms with Crippen LogP contribution in [-0.4, -0.2) is 35.9 Å². The highest BCUT2D eigenvalue weighted by Crippen LogP contribution is 2.37. The number of halogens is 1. The number of ether oxygens (including phenoxy) is 3. The SMILES string of the molecule is CCOc1cc(C=C(C#N)C(=O)Nc2nnc(CC)s2)cc(Br)c1OCCOc1ccc(C)c(C)c1. The summed E-state index contributed by atoms with van der Waals surface area (Å²) in [5.41, 5.74) is 2.90. The van der Waals surface area contributed by atoms with Gasteiger partial charge in [-0.05, 0) is 90.2 Å². The molecule has 2 aromatic carbocycles. The second kappa shape index (κ2) is 13.0. The van der Waals surface area contributed by atoms with Gasteiger partial charge in [0.05, 0.1) is 11.1 Å². The van der Waals surface area contributed by atoms with E-state index in [0.717, 1.165) is 22.7 Å². The summed E-state index contributed by atoms with van der Waals surface area (Å²) in [6, 6.07) is 11.4. The molecule has 0 atom stereocenters. The van der Waals surface area contributed by atoms with Crippen LogP contribution in [0.1, 0.15) is 35.5 Å². The highest BCUT2D eigenvalue weighted by Gasteiger charge is 2.16. The molecular formula is C26H27BrN4O4S. The number of nitrogens with zero attached hydrogens (tertiary/aromatic N) is 3. The average molecular weight is 571 g/mol. The minimum absolute atomic E-state index is 0.0759. The highest BCUT2D eigenvalue weighted by atomic mass is 79.9. The van der Waals surface area contributed by atoms with Crippen LogP contribution in [0, 0.1) is 25.2 Å². The van der Waals surface area contributed by atoms with E-state index < -0.39 is 5.91 Å². The Morgan fingerprint density at radius 1 is 1.11 bits per heavy atom. The first kappa shape index (κ1) is 27.2. The number of hydrogen-bond acceptors (Lipinski definition) is 8. The third kappa shape index (κ3) is 7.29. The van der Waals surface area contributed by atoms with Crippen molar-refractivity contribution in [3.05, 3.63) is 62.1 Å². The Kier molecular flexibility index (Phi) is 9.85. The number of carbonyl (C=O) groups is 1. The maximum absolute atomic E-state index is 12.6. The summed E-state index contributed by atoms with van der Waals surface area (Å²) in [5, 5.41) is 21.2. The van der Waals surface area contributed by atoms with Crippen molar-refractivity contribution in [1.82, 2.24) is 10.2 Å². The number of carbonyl (C=O) groups excluding carboxylic acids is 1. The van der Waals surface area contributed by atoms with E-state index in [2.05, 4.69) is 38.4 Å². The van der Waals surface area contributed by atoms with E-state index in [-0.39, 0.29) is 5.57 Å². The summed E-state index contributed by atoms with van der Waals surface area (Å²) in [4.78, 5) is 12.6.